The Kier molecular flexibility index (Phi) is 6.93. The van der Waals surface area contributed by atoms with Crippen molar-refractivity contribution in [1.82, 2.24) is 0 Å². The molecule has 3 fully saturated rings. The van der Waals surface area contributed by atoms with Crippen molar-refractivity contribution in [2.45, 2.75) is 114 Å². The molecule has 182 valence electrons. The monoisotopic (exact) mass is 468 g/mol. The van der Waals surface area contributed by atoms with Crippen LogP contribution in [0, 0.1) is 17.8 Å². The highest BCUT2D eigenvalue weighted by Crippen LogP contribution is 2.47. The van der Waals surface area contributed by atoms with Gasteiger partial charge in [-0.25, -0.2) is 0 Å². The molecule has 1 aromatic carbocycles. The topological polar surface area (TPSA) is 38.7 Å². The lowest BCUT2D eigenvalue weighted by molar-refractivity contribution is -0.213. The zero-order valence-corrected chi connectivity index (χ0v) is 22.7. The summed E-state index contributed by atoms with van der Waals surface area (Å²) in [6.07, 6.45) is 7.15. The molecule has 1 unspecified atom stereocenters. The van der Waals surface area contributed by atoms with Crippen molar-refractivity contribution in [2.24, 2.45) is 5.92 Å². The van der Waals surface area contributed by atoms with Gasteiger partial charge in [-0.3, -0.25) is 0 Å². The fraction of sp³-hybridized carbons (Fsp3) is 0.724. The van der Waals surface area contributed by atoms with E-state index in [2.05, 4.69) is 76.5 Å². The van der Waals surface area contributed by atoms with Crippen LogP contribution in [0.15, 0.2) is 24.3 Å². The molecule has 0 bridgehead atoms. The predicted octanol–water partition coefficient (Wildman–Crippen LogP) is 6.63. The molecule has 2 atom stereocenters. The van der Waals surface area contributed by atoms with Gasteiger partial charge in [-0.2, -0.15) is 0 Å². The summed E-state index contributed by atoms with van der Waals surface area (Å²) in [6, 6.07) is 8.97. The first kappa shape index (κ1) is 25.0. The minimum Gasteiger partial charge on any atom is -0.378 e. The lowest BCUT2D eigenvalue weighted by Crippen LogP contribution is -2.44. The van der Waals surface area contributed by atoms with E-state index in [9.17, 15) is 5.11 Å². The Morgan fingerprint density at radius 3 is 2.27 bits per heavy atom. The van der Waals surface area contributed by atoms with Gasteiger partial charge in [-0.05, 0) is 54.6 Å². The van der Waals surface area contributed by atoms with Gasteiger partial charge in [0, 0.05) is 17.9 Å². The summed E-state index contributed by atoms with van der Waals surface area (Å²) in [4.78, 5) is 0. The van der Waals surface area contributed by atoms with E-state index >= 15 is 0 Å². The fourth-order valence-corrected chi connectivity index (χ4v) is 7.31. The van der Waals surface area contributed by atoms with E-state index in [1.54, 1.807) is 0 Å². The fourth-order valence-electron chi connectivity index (χ4n) is 5.82. The highest BCUT2D eigenvalue weighted by atomic mass is 28.3. The van der Waals surface area contributed by atoms with Crippen molar-refractivity contribution >= 4 is 8.07 Å². The van der Waals surface area contributed by atoms with Crippen molar-refractivity contribution in [3.63, 3.8) is 0 Å². The molecule has 1 aromatic rings. The van der Waals surface area contributed by atoms with Crippen LogP contribution in [0.2, 0.25) is 25.2 Å². The second kappa shape index (κ2) is 9.15. The van der Waals surface area contributed by atoms with Gasteiger partial charge in [0.05, 0.1) is 21.3 Å². The number of hydrogen-bond donors (Lipinski definition) is 1. The molecule has 1 aliphatic heterocycles. The molecule has 1 N–H and O–H groups in total. The van der Waals surface area contributed by atoms with Gasteiger partial charge in [-0.15, -0.1) is 0 Å². The zero-order valence-electron chi connectivity index (χ0n) is 21.7. The molecule has 33 heavy (non-hydrogen) atoms. The quantitative estimate of drug-likeness (QED) is 0.398. The highest BCUT2D eigenvalue weighted by molar-refractivity contribution is 6.78. The molecule has 0 amide bonds. The van der Waals surface area contributed by atoms with E-state index in [1.807, 2.05) is 0 Å². The third-order valence-corrected chi connectivity index (χ3v) is 10.7. The third kappa shape index (κ3) is 5.59. The summed E-state index contributed by atoms with van der Waals surface area (Å²) in [5.41, 5.74) is 2.36. The number of benzene rings is 1. The molecule has 2 saturated carbocycles. The lowest BCUT2D eigenvalue weighted by Gasteiger charge is -2.42. The maximum absolute atomic E-state index is 11.1. The molecular formula is C29H44O3Si. The van der Waals surface area contributed by atoms with Crippen molar-refractivity contribution in [3.8, 4) is 11.8 Å². The summed E-state index contributed by atoms with van der Waals surface area (Å²) in [5, 5.41) is 11.1. The molecule has 3 nitrogen and oxygen atoms in total. The first-order valence-corrected chi connectivity index (χ1v) is 16.6. The van der Waals surface area contributed by atoms with E-state index in [1.165, 1.54) is 30.4 Å². The van der Waals surface area contributed by atoms with Crippen molar-refractivity contribution in [1.29, 1.82) is 0 Å². The number of aliphatic hydroxyl groups is 1. The second-order valence-corrected chi connectivity index (χ2v) is 18.3. The Bertz CT molecular complexity index is 869. The van der Waals surface area contributed by atoms with E-state index in [4.69, 9.17) is 9.47 Å². The standard InChI is InChI=1S/C29H44O3Si/c1-27(2,3)24-12-10-22(11-13-24)23-20-28(30,21-23)16-14-26(33(4,5)6)19-25-9-7-8-15-29(25)31-17-18-32-29/h10-13,23,25-26,30H,7-9,15,17-21H2,1-6H3/t23?,25-,26?,28?/m1/s1. The van der Waals surface area contributed by atoms with Gasteiger partial charge in [0.25, 0.3) is 0 Å². The minimum atomic E-state index is -1.53. The van der Waals surface area contributed by atoms with Crippen LogP contribution in [0.5, 0.6) is 0 Å². The average Bonchev–Trinajstić information content (AvgIpc) is 3.18. The predicted molar refractivity (Wildman–Crippen MR) is 138 cm³/mol. The first-order chi connectivity index (χ1) is 15.4. The molecule has 3 aliphatic rings. The van der Waals surface area contributed by atoms with Gasteiger partial charge >= 0.3 is 0 Å². The normalized spacial score (nSPS) is 30.4. The van der Waals surface area contributed by atoms with Crippen molar-refractivity contribution in [2.75, 3.05) is 13.2 Å². The minimum absolute atomic E-state index is 0.168. The van der Waals surface area contributed by atoms with E-state index in [0.29, 0.717) is 17.4 Å². The average molecular weight is 469 g/mol. The highest BCUT2D eigenvalue weighted by Gasteiger charge is 2.48. The van der Waals surface area contributed by atoms with Gasteiger partial charge in [-0.1, -0.05) is 82.9 Å². The third-order valence-electron chi connectivity index (χ3n) is 8.19. The zero-order chi connectivity index (χ0) is 23.9. The summed E-state index contributed by atoms with van der Waals surface area (Å²) < 4.78 is 12.3. The Hall–Kier alpha value is -1.12. The molecule has 1 spiro atoms. The molecule has 2 aliphatic carbocycles. The van der Waals surface area contributed by atoms with Gasteiger partial charge in [0.15, 0.2) is 5.79 Å². The molecular weight excluding hydrogens is 424 g/mol. The summed E-state index contributed by atoms with van der Waals surface area (Å²) in [6.45, 7) is 15.4. The lowest BCUT2D eigenvalue weighted by atomic mass is 9.68. The summed E-state index contributed by atoms with van der Waals surface area (Å²) in [5.74, 6) is 7.44. The molecule has 0 radical (unpaired) electrons. The summed E-state index contributed by atoms with van der Waals surface area (Å²) in [7, 11) is -1.53. The van der Waals surface area contributed by atoms with Gasteiger partial charge in [0.2, 0.25) is 0 Å². The van der Waals surface area contributed by atoms with E-state index < -0.39 is 13.7 Å². The second-order valence-electron chi connectivity index (χ2n) is 12.9. The number of rotatable bonds is 4. The number of ether oxygens (including phenoxy) is 2. The van der Waals surface area contributed by atoms with Gasteiger partial charge < -0.3 is 14.6 Å². The van der Waals surface area contributed by atoms with Crippen molar-refractivity contribution in [3.05, 3.63) is 35.4 Å². The molecule has 1 heterocycles. The van der Waals surface area contributed by atoms with Crippen LogP contribution in [0.3, 0.4) is 0 Å². The van der Waals surface area contributed by atoms with Crippen molar-refractivity contribution < 1.29 is 14.6 Å². The number of hydrogen-bond acceptors (Lipinski definition) is 3. The van der Waals surface area contributed by atoms with Crippen LogP contribution in [-0.4, -0.2) is 37.8 Å². The maximum Gasteiger partial charge on any atom is 0.171 e. The van der Waals surface area contributed by atoms with E-state index in [-0.39, 0.29) is 11.2 Å². The molecule has 4 rings (SSSR count). The van der Waals surface area contributed by atoms with Crippen LogP contribution in [0.4, 0.5) is 0 Å². The molecule has 4 heteroatoms. The smallest absolute Gasteiger partial charge is 0.171 e. The Morgan fingerprint density at radius 1 is 1.06 bits per heavy atom. The largest absolute Gasteiger partial charge is 0.378 e. The Labute approximate surface area is 202 Å². The molecule has 0 aromatic heterocycles. The van der Waals surface area contributed by atoms with E-state index in [0.717, 1.165) is 38.9 Å². The summed E-state index contributed by atoms with van der Waals surface area (Å²) >= 11 is 0. The molecule has 1 saturated heterocycles. The van der Waals surface area contributed by atoms with Crippen LogP contribution in [0.1, 0.15) is 82.8 Å². The van der Waals surface area contributed by atoms with Gasteiger partial charge in [0.1, 0.15) is 5.60 Å². The maximum atomic E-state index is 11.1. The van der Waals surface area contributed by atoms with Crippen LogP contribution in [0.25, 0.3) is 0 Å². The first-order valence-electron chi connectivity index (χ1n) is 13.0. The Balaban J connectivity index is 1.42. The van der Waals surface area contributed by atoms with Crippen LogP contribution < -0.4 is 0 Å². The SMILES string of the molecule is CC(C)(C)c1ccc(C2CC(O)(C#CC(C[C@H]3CCCCC34OCCO4)[Si](C)(C)C)C2)cc1. The Morgan fingerprint density at radius 2 is 1.70 bits per heavy atom. The van der Waals surface area contributed by atoms with Crippen LogP contribution in [-0.2, 0) is 14.9 Å². The van der Waals surface area contributed by atoms with Crippen LogP contribution >= 0.6 is 0 Å².